The van der Waals surface area contributed by atoms with Crippen molar-refractivity contribution >= 4 is 0 Å². The van der Waals surface area contributed by atoms with E-state index in [-0.39, 0.29) is 5.41 Å². The lowest BCUT2D eigenvalue weighted by molar-refractivity contribution is 0.660. The van der Waals surface area contributed by atoms with E-state index < -0.39 is 0 Å². The number of rotatable bonds is 1. The van der Waals surface area contributed by atoms with Crippen LogP contribution in [0.15, 0.2) is 66.7 Å². The molecule has 0 atom stereocenters. The van der Waals surface area contributed by atoms with E-state index in [1.54, 1.807) is 0 Å². The van der Waals surface area contributed by atoms with Gasteiger partial charge in [-0.25, -0.2) is 0 Å². The number of benzene rings is 3. The van der Waals surface area contributed by atoms with Crippen molar-refractivity contribution in [3.05, 3.63) is 83.4 Å². The molecule has 0 aliphatic heterocycles. The summed E-state index contributed by atoms with van der Waals surface area (Å²) in [7, 11) is 0. The first-order valence-electron chi connectivity index (χ1n) is 8.89. The molecule has 24 heavy (non-hydrogen) atoms. The quantitative estimate of drug-likeness (QED) is 0.454. The second kappa shape index (κ2) is 6.28. The molecule has 1 aliphatic carbocycles. The Bertz CT molecular complexity index is 851. The van der Waals surface area contributed by atoms with Gasteiger partial charge in [0.25, 0.3) is 0 Å². The third-order valence-electron chi connectivity index (χ3n) is 4.97. The molecule has 0 fully saturated rings. The minimum Gasteiger partial charge on any atom is -0.0683 e. The zero-order valence-electron chi connectivity index (χ0n) is 15.4. The first-order chi connectivity index (χ1) is 11.6. The Labute approximate surface area is 146 Å². The third kappa shape index (κ3) is 2.57. The maximum Gasteiger partial charge on any atom is 0.0159 e. The van der Waals surface area contributed by atoms with Gasteiger partial charge < -0.3 is 0 Å². The van der Waals surface area contributed by atoms with E-state index >= 15 is 0 Å². The first kappa shape index (κ1) is 16.5. The van der Waals surface area contributed by atoms with Crippen LogP contribution in [0, 0.1) is 6.92 Å². The second-order valence-corrected chi connectivity index (χ2v) is 6.80. The average Bonchev–Trinajstić information content (AvgIpc) is 2.85. The number of aryl methyl sites for hydroxylation is 1. The van der Waals surface area contributed by atoms with Crippen molar-refractivity contribution in [2.24, 2.45) is 0 Å². The summed E-state index contributed by atoms with van der Waals surface area (Å²) in [6, 6.07) is 24.5. The predicted octanol–water partition coefficient (Wildman–Crippen LogP) is 6.99. The average molecular weight is 314 g/mol. The van der Waals surface area contributed by atoms with Crippen molar-refractivity contribution in [2.75, 3.05) is 0 Å². The topological polar surface area (TPSA) is 0 Å². The summed E-state index contributed by atoms with van der Waals surface area (Å²) >= 11 is 0. The molecule has 0 N–H and O–H groups in total. The number of hydrogen-bond acceptors (Lipinski definition) is 0. The third-order valence-corrected chi connectivity index (χ3v) is 4.97. The highest BCUT2D eigenvalue weighted by molar-refractivity contribution is 5.83. The van der Waals surface area contributed by atoms with Crippen LogP contribution in [0.4, 0.5) is 0 Å². The van der Waals surface area contributed by atoms with E-state index in [1.165, 1.54) is 38.9 Å². The van der Waals surface area contributed by atoms with Gasteiger partial charge in [0.1, 0.15) is 0 Å². The second-order valence-electron chi connectivity index (χ2n) is 6.80. The van der Waals surface area contributed by atoms with E-state index in [9.17, 15) is 0 Å². The zero-order chi connectivity index (χ0) is 17.3. The highest BCUT2D eigenvalue weighted by Crippen LogP contribution is 2.49. The van der Waals surface area contributed by atoms with Gasteiger partial charge >= 0.3 is 0 Å². The standard InChI is InChI=1S/C22H20.C2H6/c1-15-8-10-16(11-9-15)17-12-13-19-18-6-4-5-7-20(18)22(2,3)21(19)14-17;1-2/h4-14H,1-3H3;1-2H3. The molecule has 0 heterocycles. The summed E-state index contributed by atoms with van der Waals surface area (Å²) in [6.07, 6.45) is 0. The van der Waals surface area contributed by atoms with Gasteiger partial charge in [-0.05, 0) is 46.4 Å². The van der Waals surface area contributed by atoms with Crippen LogP contribution in [0.3, 0.4) is 0 Å². The summed E-state index contributed by atoms with van der Waals surface area (Å²) in [5, 5.41) is 0. The fourth-order valence-corrected chi connectivity index (χ4v) is 3.63. The Balaban J connectivity index is 0.000000815. The molecule has 0 radical (unpaired) electrons. The SMILES string of the molecule is CC.Cc1ccc(-c2ccc3c(c2)C(C)(C)c2ccccc2-3)cc1. The van der Waals surface area contributed by atoms with Gasteiger partial charge in [-0.3, -0.25) is 0 Å². The van der Waals surface area contributed by atoms with Crippen molar-refractivity contribution < 1.29 is 0 Å². The Kier molecular flexibility index (Phi) is 4.32. The molecule has 0 saturated carbocycles. The smallest absolute Gasteiger partial charge is 0.0159 e. The first-order valence-corrected chi connectivity index (χ1v) is 8.89. The highest BCUT2D eigenvalue weighted by atomic mass is 14.4. The lowest BCUT2D eigenvalue weighted by Gasteiger charge is -2.22. The summed E-state index contributed by atoms with van der Waals surface area (Å²) < 4.78 is 0. The number of hydrogen-bond donors (Lipinski definition) is 0. The highest BCUT2D eigenvalue weighted by Gasteiger charge is 2.35. The zero-order valence-corrected chi connectivity index (χ0v) is 15.4. The van der Waals surface area contributed by atoms with Crippen molar-refractivity contribution in [3.63, 3.8) is 0 Å². The van der Waals surface area contributed by atoms with Crippen LogP contribution in [0.25, 0.3) is 22.3 Å². The molecular formula is C24H26. The van der Waals surface area contributed by atoms with Gasteiger partial charge in [0.15, 0.2) is 0 Å². The summed E-state index contributed by atoms with van der Waals surface area (Å²) in [4.78, 5) is 0. The maximum absolute atomic E-state index is 2.38. The molecule has 0 heteroatoms. The van der Waals surface area contributed by atoms with Crippen LogP contribution in [-0.2, 0) is 5.41 Å². The molecule has 0 aromatic heterocycles. The molecule has 0 amide bonds. The van der Waals surface area contributed by atoms with Crippen LogP contribution >= 0.6 is 0 Å². The Morgan fingerprint density at radius 2 is 1.21 bits per heavy atom. The Morgan fingerprint density at radius 3 is 1.92 bits per heavy atom. The monoisotopic (exact) mass is 314 g/mol. The van der Waals surface area contributed by atoms with E-state index in [0.29, 0.717) is 0 Å². The van der Waals surface area contributed by atoms with Crippen LogP contribution in [0.5, 0.6) is 0 Å². The van der Waals surface area contributed by atoms with Crippen LogP contribution in [-0.4, -0.2) is 0 Å². The van der Waals surface area contributed by atoms with Crippen molar-refractivity contribution in [3.8, 4) is 22.3 Å². The lowest BCUT2D eigenvalue weighted by atomic mass is 9.81. The van der Waals surface area contributed by atoms with Crippen LogP contribution in [0.2, 0.25) is 0 Å². The molecule has 1 aliphatic rings. The minimum atomic E-state index is 0.0760. The molecule has 0 spiro atoms. The minimum absolute atomic E-state index is 0.0760. The van der Waals surface area contributed by atoms with Crippen LogP contribution < -0.4 is 0 Å². The van der Waals surface area contributed by atoms with Crippen molar-refractivity contribution in [1.29, 1.82) is 0 Å². The van der Waals surface area contributed by atoms with Crippen molar-refractivity contribution in [1.82, 2.24) is 0 Å². The van der Waals surface area contributed by atoms with Gasteiger partial charge in [-0.2, -0.15) is 0 Å². The van der Waals surface area contributed by atoms with Gasteiger partial charge in [0.2, 0.25) is 0 Å². The van der Waals surface area contributed by atoms with Gasteiger partial charge in [-0.15, -0.1) is 0 Å². The Hall–Kier alpha value is -2.34. The Morgan fingerprint density at radius 1 is 0.625 bits per heavy atom. The van der Waals surface area contributed by atoms with Crippen molar-refractivity contribution in [2.45, 2.75) is 40.0 Å². The largest absolute Gasteiger partial charge is 0.0683 e. The predicted molar refractivity (Wildman–Crippen MR) is 106 cm³/mol. The fourth-order valence-electron chi connectivity index (χ4n) is 3.63. The molecule has 3 aromatic rings. The van der Waals surface area contributed by atoms with E-state index in [2.05, 4.69) is 87.5 Å². The molecule has 3 aromatic carbocycles. The molecular weight excluding hydrogens is 288 g/mol. The van der Waals surface area contributed by atoms with Gasteiger partial charge in [0, 0.05) is 5.41 Å². The molecule has 4 rings (SSSR count). The molecule has 0 unspecified atom stereocenters. The van der Waals surface area contributed by atoms with E-state index in [1.807, 2.05) is 13.8 Å². The summed E-state index contributed by atoms with van der Waals surface area (Å²) in [5.41, 5.74) is 9.62. The maximum atomic E-state index is 2.38. The van der Waals surface area contributed by atoms with Crippen LogP contribution in [0.1, 0.15) is 44.4 Å². The summed E-state index contributed by atoms with van der Waals surface area (Å²) in [6.45, 7) is 10.8. The number of fused-ring (bicyclic) bond motifs is 3. The van der Waals surface area contributed by atoms with Gasteiger partial charge in [0.05, 0.1) is 0 Å². The fraction of sp³-hybridized carbons (Fsp3) is 0.250. The van der Waals surface area contributed by atoms with E-state index in [4.69, 9.17) is 0 Å². The van der Waals surface area contributed by atoms with E-state index in [0.717, 1.165) is 0 Å². The molecule has 0 bridgehead atoms. The molecule has 0 nitrogen and oxygen atoms in total. The molecule has 0 saturated heterocycles. The molecule has 122 valence electrons. The lowest BCUT2D eigenvalue weighted by Crippen LogP contribution is -2.14. The summed E-state index contributed by atoms with van der Waals surface area (Å²) in [5.74, 6) is 0. The van der Waals surface area contributed by atoms with Gasteiger partial charge in [-0.1, -0.05) is 93.9 Å². The normalized spacial score (nSPS) is 13.5.